The topological polar surface area (TPSA) is 70.6 Å². The van der Waals surface area contributed by atoms with Gasteiger partial charge in [-0.1, -0.05) is 0 Å². The lowest BCUT2D eigenvalue weighted by Gasteiger charge is -2.07. The molecule has 1 atom stereocenters. The van der Waals surface area contributed by atoms with Crippen molar-refractivity contribution in [1.29, 1.82) is 0 Å². The quantitative estimate of drug-likeness (QED) is 0.456. The molecule has 0 aliphatic carbocycles. The van der Waals surface area contributed by atoms with Crippen molar-refractivity contribution in [2.75, 3.05) is 33.4 Å². The van der Waals surface area contributed by atoms with Crippen molar-refractivity contribution >= 4 is 5.91 Å². The first-order chi connectivity index (χ1) is 7.16. The van der Waals surface area contributed by atoms with Crippen LogP contribution in [0.2, 0.25) is 0 Å². The summed E-state index contributed by atoms with van der Waals surface area (Å²) in [5, 5.41) is 14.8. The van der Waals surface area contributed by atoms with Gasteiger partial charge < -0.3 is 20.5 Å². The van der Waals surface area contributed by atoms with E-state index in [1.807, 2.05) is 0 Å². The summed E-state index contributed by atoms with van der Waals surface area (Å²) in [5.41, 5.74) is 0. The second-order valence-corrected chi connectivity index (χ2v) is 3.48. The Balaban J connectivity index is 3.17. The van der Waals surface area contributed by atoms with Crippen LogP contribution < -0.4 is 10.6 Å². The number of carbonyl (C=O) groups is 1. The predicted molar refractivity (Wildman–Crippen MR) is 58.7 cm³/mol. The number of aliphatic hydroxyl groups excluding tert-OH is 1. The number of ether oxygens (including phenoxy) is 1. The Kier molecular flexibility index (Phi) is 9.46. The Bertz CT molecular complexity index is 163. The molecule has 1 unspecified atom stereocenters. The molecule has 0 spiro atoms. The molecule has 5 heteroatoms. The van der Waals surface area contributed by atoms with Crippen LogP contribution in [-0.4, -0.2) is 50.5 Å². The fraction of sp³-hybridized carbons (Fsp3) is 0.900. The van der Waals surface area contributed by atoms with Gasteiger partial charge in [0.1, 0.15) is 0 Å². The number of nitrogens with one attached hydrogen (secondary N) is 2. The van der Waals surface area contributed by atoms with Crippen LogP contribution in [0.3, 0.4) is 0 Å². The Morgan fingerprint density at radius 3 is 2.73 bits per heavy atom. The van der Waals surface area contributed by atoms with E-state index >= 15 is 0 Å². The highest BCUT2D eigenvalue weighted by Gasteiger charge is 2.00. The first-order valence-corrected chi connectivity index (χ1v) is 5.31. The second kappa shape index (κ2) is 9.89. The Morgan fingerprint density at radius 1 is 1.40 bits per heavy atom. The van der Waals surface area contributed by atoms with Crippen LogP contribution in [-0.2, 0) is 9.53 Å². The van der Waals surface area contributed by atoms with Crippen molar-refractivity contribution in [2.45, 2.75) is 25.9 Å². The summed E-state index contributed by atoms with van der Waals surface area (Å²) in [6.07, 6.45) is 0.891. The van der Waals surface area contributed by atoms with Gasteiger partial charge in [-0.05, 0) is 19.9 Å². The highest BCUT2D eigenvalue weighted by Crippen LogP contribution is 1.86. The van der Waals surface area contributed by atoms with Gasteiger partial charge in [-0.25, -0.2) is 0 Å². The maximum absolute atomic E-state index is 11.2. The van der Waals surface area contributed by atoms with E-state index in [1.54, 1.807) is 14.0 Å². The van der Waals surface area contributed by atoms with Gasteiger partial charge in [-0.3, -0.25) is 4.79 Å². The zero-order valence-corrected chi connectivity index (χ0v) is 9.58. The third-order valence-electron chi connectivity index (χ3n) is 1.90. The number of hydrogen-bond donors (Lipinski definition) is 3. The summed E-state index contributed by atoms with van der Waals surface area (Å²) in [6.45, 7) is 4.23. The van der Waals surface area contributed by atoms with Crippen LogP contribution in [0.1, 0.15) is 19.8 Å². The molecule has 0 aromatic heterocycles. The maximum Gasteiger partial charge on any atom is 0.221 e. The lowest BCUT2D eigenvalue weighted by atomic mass is 10.3. The minimum atomic E-state index is -0.284. The fourth-order valence-corrected chi connectivity index (χ4v) is 1.02. The van der Waals surface area contributed by atoms with Gasteiger partial charge in [0.25, 0.3) is 0 Å². The van der Waals surface area contributed by atoms with Gasteiger partial charge in [0.05, 0.1) is 12.7 Å². The van der Waals surface area contributed by atoms with E-state index in [0.717, 1.165) is 6.54 Å². The van der Waals surface area contributed by atoms with E-state index < -0.39 is 0 Å². The van der Waals surface area contributed by atoms with Gasteiger partial charge in [0, 0.05) is 26.6 Å². The zero-order chi connectivity index (χ0) is 11.5. The summed E-state index contributed by atoms with van der Waals surface area (Å²) in [7, 11) is 1.60. The smallest absolute Gasteiger partial charge is 0.221 e. The molecule has 0 radical (unpaired) electrons. The van der Waals surface area contributed by atoms with Crippen molar-refractivity contribution in [2.24, 2.45) is 0 Å². The summed E-state index contributed by atoms with van der Waals surface area (Å²) >= 11 is 0. The molecule has 0 fully saturated rings. The zero-order valence-electron chi connectivity index (χ0n) is 9.58. The number of carbonyl (C=O) groups excluding carboxylic acids is 1. The van der Waals surface area contributed by atoms with Crippen LogP contribution in [0.25, 0.3) is 0 Å². The molecule has 0 aromatic carbocycles. The molecule has 15 heavy (non-hydrogen) atoms. The predicted octanol–water partition coefficient (Wildman–Crippen LogP) is -0.500. The van der Waals surface area contributed by atoms with Crippen LogP contribution in [0.4, 0.5) is 0 Å². The number of aliphatic hydroxyl groups is 1. The van der Waals surface area contributed by atoms with Gasteiger partial charge in [-0.15, -0.1) is 0 Å². The van der Waals surface area contributed by atoms with Crippen LogP contribution in [0.5, 0.6) is 0 Å². The van der Waals surface area contributed by atoms with Gasteiger partial charge in [0.2, 0.25) is 5.91 Å². The molecule has 0 aliphatic rings. The number of amides is 1. The van der Waals surface area contributed by atoms with Crippen LogP contribution >= 0.6 is 0 Å². The minimum Gasteiger partial charge on any atom is -0.393 e. The summed E-state index contributed by atoms with van der Waals surface area (Å²) in [6, 6.07) is 0. The standard InChI is InChI=1S/C10H22N2O3/c1-9(13)3-5-11-6-4-10(14)12-7-8-15-2/h9,11,13H,3-8H2,1-2H3,(H,12,14). The van der Waals surface area contributed by atoms with Gasteiger partial charge in [-0.2, -0.15) is 0 Å². The highest BCUT2D eigenvalue weighted by atomic mass is 16.5. The second-order valence-electron chi connectivity index (χ2n) is 3.48. The van der Waals surface area contributed by atoms with Crippen LogP contribution in [0, 0.1) is 0 Å². The van der Waals surface area contributed by atoms with Crippen molar-refractivity contribution in [3.05, 3.63) is 0 Å². The fourth-order valence-electron chi connectivity index (χ4n) is 1.02. The maximum atomic E-state index is 11.2. The molecule has 0 aliphatic heterocycles. The average molecular weight is 218 g/mol. The van der Waals surface area contributed by atoms with E-state index in [9.17, 15) is 4.79 Å². The Hall–Kier alpha value is -0.650. The average Bonchev–Trinajstić information content (AvgIpc) is 2.17. The lowest BCUT2D eigenvalue weighted by Crippen LogP contribution is -2.30. The lowest BCUT2D eigenvalue weighted by molar-refractivity contribution is -0.121. The Morgan fingerprint density at radius 2 is 2.13 bits per heavy atom. The molecule has 90 valence electrons. The van der Waals surface area contributed by atoms with E-state index in [0.29, 0.717) is 32.5 Å². The van der Waals surface area contributed by atoms with Crippen LogP contribution in [0.15, 0.2) is 0 Å². The van der Waals surface area contributed by atoms with E-state index in [4.69, 9.17) is 9.84 Å². The first kappa shape index (κ1) is 14.3. The van der Waals surface area contributed by atoms with E-state index in [1.165, 1.54) is 0 Å². The molecule has 0 aromatic rings. The molecule has 0 heterocycles. The van der Waals surface area contributed by atoms with Crippen molar-refractivity contribution < 1.29 is 14.6 Å². The third-order valence-corrected chi connectivity index (χ3v) is 1.90. The van der Waals surface area contributed by atoms with Crippen molar-refractivity contribution in [1.82, 2.24) is 10.6 Å². The molecule has 0 saturated heterocycles. The van der Waals surface area contributed by atoms with Gasteiger partial charge >= 0.3 is 0 Å². The number of rotatable bonds is 9. The number of hydrogen-bond acceptors (Lipinski definition) is 4. The SMILES string of the molecule is COCCNC(=O)CCNCCC(C)O. The molecular weight excluding hydrogens is 196 g/mol. The Labute approximate surface area is 91.2 Å². The minimum absolute atomic E-state index is 0.0246. The number of methoxy groups -OCH3 is 1. The van der Waals surface area contributed by atoms with E-state index in [-0.39, 0.29) is 12.0 Å². The molecule has 0 bridgehead atoms. The van der Waals surface area contributed by atoms with Crippen molar-refractivity contribution in [3.8, 4) is 0 Å². The molecular formula is C10H22N2O3. The molecule has 1 amide bonds. The summed E-state index contributed by atoms with van der Waals surface area (Å²) < 4.78 is 4.80. The first-order valence-electron chi connectivity index (χ1n) is 5.31. The summed E-state index contributed by atoms with van der Waals surface area (Å²) in [5.74, 6) is 0.0246. The largest absolute Gasteiger partial charge is 0.393 e. The molecule has 0 saturated carbocycles. The molecule has 3 N–H and O–H groups in total. The normalized spacial score (nSPS) is 12.5. The molecule has 5 nitrogen and oxygen atoms in total. The van der Waals surface area contributed by atoms with Gasteiger partial charge in [0.15, 0.2) is 0 Å². The van der Waals surface area contributed by atoms with Crippen molar-refractivity contribution in [3.63, 3.8) is 0 Å². The summed E-state index contributed by atoms with van der Waals surface area (Å²) in [4.78, 5) is 11.2. The monoisotopic (exact) mass is 218 g/mol. The van der Waals surface area contributed by atoms with E-state index in [2.05, 4.69) is 10.6 Å². The third kappa shape index (κ3) is 11.3. The molecule has 0 rings (SSSR count). The highest BCUT2D eigenvalue weighted by molar-refractivity contribution is 5.75.